The first kappa shape index (κ1) is 24.8. The molecule has 2 aliphatic carbocycles. The molecule has 0 spiro atoms. The monoisotopic (exact) mass is 372 g/mol. The van der Waals surface area contributed by atoms with Crippen molar-refractivity contribution in [1.82, 2.24) is 0 Å². The van der Waals surface area contributed by atoms with Gasteiger partial charge in [-0.15, -0.1) is 0 Å². The van der Waals surface area contributed by atoms with Gasteiger partial charge in [0.05, 0.1) is 0 Å². The normalized spacial score (nSPS) is 20.1. The predicted molar refractivity (Wildman–Crippen MR) is 117 cm³/mol. The third-order valence-electron chi connectivity index (χ3n) is 4.55. The SMILES string of the molecule is C/C(=C\C1=CC=CCC=C1)CC(=O)C1CC1c1cccc(C)c1.CC.O.O.[HH]. The van der Waals surface area contributed by atoms with Crippen LogP contribution in [-0.4, -0.2) is 16.7 Å². The quantitative estimate of drug-likeness (QED) is 0.710. The molecule has 1 saturated carbocycles. The van der Waals surface area contributed by atoms with E-state index >= 15 is 0 Å². The Morgan fingerprint density at radius 3 is 2.67 bits per heavy atom. The molecule has 3 heteroatoms. The van der Waals surface area contributed by atoms with Crippen molar-refractivity contribution in [2.24, 2.45) is 5.92 Å². The number of hydrogen-bond acceptors (Lipinski definition) is 1. The van der Waals surface area contributed by atoms with Crippen molar-refractivity contribution >= 4 is 5.78 Å². The Kier molecular flexibility index (Phi) is 11.2. The smallest absolute Gasteiger partial charge is 0.140 e. The number of benzene rings is 1. The molecular formula is C24H36O3. The lowest BCUT2D eigenvalue weighted by Gasteiger charge is -2.03. The lowest BCUT2D eigenvalue weighted by Crippen LogP contribution is -2.03. The van der Waals surface area contributed by atoms with Gasteiger partial charge < -0.3 is 11.0 Å². The predicted octanol–water partition coefficient (Wildman–Crippen LogP) is 5.07. The van der Waals surface area contributed by atoms with Crippen molar-refractivity contribution in [3.63, 3.8) is 0 Å². The Balaban J connectivity index is 0. The molecular weight excluding hydrogens is 336 g/mol. The van der Waals surface area contributed by atoms with Gasteiger partial charge in [0.2, 0.25) is 0 Å². The molecule has 4 N–H and O–H groups in total. The highest BCUT2D eigenvalue weighted by Crippen LogP contribution is 2.48. The number of ketones is 1. The Morgan fingerprint density at radius 1 is 1.22 bits per heavy atom. The molecule has 0 radical (unpaired) electrons. The molecule has 150 valence electrons. The topological polar surface area (TPSA) is 80.1 Å². The Hall–Kier alpha value is -2.23. The van der Waals surface area contributed by atoms with Crippen LogP contribution in [0, 0.1) is 12.8 Å². The molecule has 1 aromatic rings. The average molecular weight is 373 g/mol. The van der Waals surface area contributed by atoms with Crippen LogP contribution in [0.3, 0.4) is 0 Å². The molecule has 1 aromatic carbocycles. The molecule has 0 aromatic heterocycles. The molecule has 2 atom stereocenters. The first-order valence-corrected chi connectivity index (χ1v) is 9.43. The second-order valence-electron chi connectivity index (χ2n) is 6.73. The standard InChI is InChI=1S/C22H24O.C2H6.2H2O.H2/c1-16-8-7-11-19(13-16)20-15-21(20)22(23)14-17(2)12-18-9-5-3-4-6-10-18;1-2;;;/h3,5-13,20-21H,4,14-15H2,1-2H3;1-2H3;2*1H2;1H/b17-12+;;;;. The van der Waals surface area contributed by atoms with Crippen molar-refractivity contribution in [3.8, 4) is 0 Å². The summed E-state index contributed by atoms with van der Waals surface area (Å²) in [4.78, 5) is 12.5. The zero-order chi connectivity index (χ0) is 18.2. The molecule has 0 heterocycles. The van der Waals surface area contributed by atoms with Crippen LogP contribution in [0.25, 0.3) is 0 Å². The van der Waals surface area contributed by atoms with Crippen LogP contribution >= 0.6 is 0 Å². The first-order chi connectivity index (χ1) is 12.1. The van der Waals surface area contributed by atoms with E-state index in [1.165, 1.54) is 16.7 Å². The van der Waals surface area contributed by atoms with Crippen LogP contribution in [0.5, 0.6) is 0 Å². The van der Waals surface area contributed by atoms with Crippen LogP contribution in [0.4, 0.5) is 0 Å². The zero-order valence-electron chi connectivity index (χ0n) is 17.0. The number of allylic oxidation sites excluding steroid dienone is 8. The molecule has 3 rings (SSSR count). The molecule has 1 fully saturated rings. The number of rotatable bonds is 5. The lowest BCUT2D eigenvalue weighted by molar-refractivity contribution is -0.119. The Labute approximate surface area is 165 Å². The fourth-order valence-electron chi connectivity index (χ4n) is 3.25. The van der Waals surface area contributed by atoms with Gasteiger partial charge in [0, 0.05) is 13.8 Å². The van der Waals surface area contributed by atoms with Gasteiger partial charge in [-0.05, 0) is 43.7 Å². The molecule has 3 nitrogen and oxygen atoms in total. The van der Waals surface area contributed by atoms with Gasteiger partial charge in [0.25, 0.3) is 0 Å². The molecule has 27 heavy (non-hydrogen) atoms. The number of carbonyl (C=O) groups is 1. The Bertz CT molecular complexity index is 729. The zero-order valence-corrected chi connectivity index (χ0v) is 17.0. The Morgan fingerprint density at radius 2 is 1.96 bits per heavy atom. The van der Waals surface area contributed by atoms with Crippen molar-refractivity contribution in [3.05, 3.63) is 83.0 Å². The summed E-state index contributed by atoms with van der Waals surface area (Å²) in [5.41, 5.74) is 4.92. The highest BCUT2D eigenvalue weighted by Gasteiger charge is 2.43. The van der Waals surface area contributed by atoms with E-state index in [0.29, 0.717) is 18.1 Å². The maximum Gasteiger partial charge on any atom is 0.140 e. The fourth-order valence-corrected chi connectivity index (χ4v) is 3.25. The van der Waals surface area contributed by atoms with Gasteiger partial charge in [-0.25, -0.2) is 0 Å². The number of hydrogen-bond donors (Lipinski definition) is 0. The summed E-state index contributed by atoms with van der Waals surface area (Å²) in [5, 5.41) is 0. The number of Topliss-reactive ketones (excluding diaryl/α,β-unsaturated/α-hetero) is 1. The summed E-state index contributed by atoms with van der Waals surface area (Å²) in [5.74, 6) is 1.05. The van der Waals surface area contributed by atoms with Crippen LogP contribution in [-0.2, 0) is 4.79 Å². The fraction of sp³-hybridized carbons (Fsp3) is 0.375. The minimum Gasteiger partial charge on any atom is -0.412 e. The summed E-state index contributed by atoms with van der Waals surface area (Å²) in [7, 11) is 0. The third-order valence-corrected chi connectivity index (χ3v) is 4.55. The average Bonchev–Trinajstić information content (AvgIpc) is 3.41. The van der Waals surface area contributed by atoms with E-state index in [4.69, 9.17) is 0 Å². The number of carbonyl (C=O) groups excluding carboxylic acids is 1. The second-order valence-corrected chi connectivity index (χ2v) is 6.73. The van der Waals surface area contributed by atoms with Gasteiger partial charge >= 0.3 is 0 Å². The van der Waals surface area contributed by atoms with E-state index in [1.807, 2.05) is 13.8 Å². The number of aryl methyl sites for hydroxylation is 1. The van der Waals surface area contributed by atoms with E-state index in [1.54, 1.807) is 0 Å². The van der Waals surface area contributed by atoms with Gasteiger partial charge in [-0.2, -0.15) is 0 Å². The molecule has 2 unspecified atom stereocenters. The molecule has 0 saturated heterocycles. The first-order valence-electron chi connectivity index (χ1n) is 9.43. The summed E-state index contributed by atoms with van der Waals surface area (Å²) < 4.78 is 0. The summed E-state index contributed by atoms with van der Waals surface area (Å²) >= 11 is 0. The van der Waals surface area contributed by atoms with E-state index in [0.717, 1.165) is 18.4 Å². The largest absolute Gasteiger partial charge is 0.412 e. The van der Waals surface area contributed by atoms with Crippen LogP contribution in [0.2, 0.25) is 0 Å². The minimum atomic E-state index is 0. The van der Waals surface area contributed by atoms with E-state index in [2.05, 4.69) is 74.6 Å². The maximum absolute atomic E-state index is 12.5. The van der Waals surface area contributed by atoms with Crippen molar-refractivity contribution < 1.29 is 17.2 Å². The van der Waals surface area contributed by atoms with Crippen LogP contribution in [0.15, 0.2) is 71.9 Å². The van der Waals surface area contributed by atoms with Gasteiger partial charge in [0.15, 0.2) is 0 Å². The van der Waals surface area contributed by atoms with Crippen molar-refractivity contribution in [1.29, 1.82) is 0 Å². The third kappa shape index (κ3) is 7.49. The van der Waals surface area contributed by atoms with E-state index in [-0.39, 0.29) is 18.3 Å². The van der Waals surface area contributed by atoms with Gasteiger partial charge in [0.1, 0.15) is 5.78 Å². The molecule has 0 bridgehead atoms. The van der Waals surface area contributed by atoms with Crippen molar-refractivity contribution in [2.45, 2.75) is 52.9 Å². The maximum atomic E-state index is 12.5. The summed E-state index contributed by atoms with van der Waals surface area (Å²) in [6, 6.07) is 8.57. The van der Waals surface area contributed by atoms with E-state index < -0.39 is 0 Å². The highest BCUT2D eigenvalue weighted by atomic mass is 16.1. The molecule has 0 amide bonds. The van der Waals surface area contributed by atoms with Crippen LogP contribution in [0.1, 0.15) is 58.5 Å². The second kappa shape index (κ2) is 12.2. The van der Waals surface area contributed by atoms with Crippen molar-refractivity contribution in [2.75, 3.05) is 0 Å². The summed E-state index contributed by atoms with van der Waals surface area (Å²) in [6.07, 6.45) is 15.3. The lowest BCUT2D eigenvalue weighted by atomic mass is 10.0. The molecule has 0 aliphatic heterocycles. The van der Waals surface area contributed by atoms with Gasteiger partial charge in [-0.1, -0.05) is 85.7 Å². The highest BCUT2D eigenvalue weighted by molar-refractivity contribution is 5.87. The minimum absolute atomic E-state index is 0. The molecule has 2 aliphatic rings. The van der Waals surface area contributed by atoms with Crippen LogP contribution < -0.4 is 0 Å². The van der Waals surface area contributed by atoms with E-state index in [9.17, 15) is 4.79 Å². The summed E-state index contributed by atoms with van der Waals surface area (Å²) in [6.45, 7) is 8.17. The van der Waals surface area contributed by atoms with Gasteiger partial charge in [-0.3, -0.25) is 4.79 Å².